The van der Waals surface area contributed by atoms with Crippen molar-refractivity contribution in [2.75, 3.05) is 13.4 Å². The number of hydrogen-bond donors (Lipinski definition) is 2. The fourth-order valence-electron chi connectivity index (χ4n) is 2.33. The Morgan fingerprint density at radius 3 is 2.57 bits per heavy atom. The number of nitrogens with one attached hydrogen (secondary N) is 1. The minimum Gasteiger partial charge on any atom is -0.496 e. The molecule has 0 saturated carbocycles. The normalized spacial score (nSPS) is 11.9. The fraction of sp³-hybridized carbons (Fsp3) is 0.278. The quantitative estimate of drug-likeness (QED) is 0.728. The van der Waals surface area contributed by atoms with Gasteiger partial charge in [-0.05, 0) is 35.9 Å². The van der Waals surface area contributed by atoms with Crippen LogP contribution in [0.4, 0.5) is 0 Å². The van der Waals surface area contributed by atoms with Crippen LogP contribution in [0.5, 0.6) is 5.75 Å². The molecule has 0 aliphatic carbocycles. The van der Waals surface area contributed by atoms with Gasteiger partial charge in [-0.2, -0.15) is 0 Å². The molecule has 0 bridgehead atoms. The first kappa shape index (κ1) is 17.4. The van der Waals surface area contributed by atoms with Crippen LogP contribution in [0.1, 0.15) is 11.1 Å². The Kier molecular flexibility index (Phi) is 6.50. The van der Waals surface area contributed by atoms with E-state index >= 15 is 0 Å². The monoisotopic (exact) mass is 331 g/mol. The number of ether oxygens (including phenoxy) is 1. The first-order valence-electron chi connectivity index (χ1n) is 7.35. The molecular formula is C18H21NO3S. The highest BCUT2D eigenvalue weighted by atomic mass is 32.2. The van der Waals surface area contributed by atoms with Gasteiger partial charge in [0.25, 0.3) is 0 Å². The number of thioether (sulfide) groups is 1. The summed E-state index contributed by atoms with van der Waals surface area (Å²) in [6.07, 6.45) is 2.45. The van der Waals surface area contributed by atoms with Gasteiger partial charge in [-0.3, -0.25) is 4.79 Å². The average molecular weight is 331 g/mol. The second kappa shape index (κ2) is 8.60. The lowest BCUT2D eigenvalue weighted by molar-refractivity contribution is -0.139. The van der Waals surface area contributed by atoms with Crippen molar-refractivity contribution in [3.8, 4) is 5.75 Å². The van der Waals surface area contributed by atoms with E-state index in [4.69, 9.17) is 4.74 Å². The van der Waals surface area contributed by atoms with Crippen molar-refractivity contribution in [3.63, 3.8) is 0 Å². The summed E-state index contributed by atoms with van der Waals surface area (Å²) in [6, 6.07) is 14.9. The number of benzene rings is 2. The molecule has 4 nitrogen and oxygen atoms in total. The molecule has 0 saturated heterocycles. The predicted octanol–water partition coefficient (Wildman–Crippen LogP) is 3.20. The molecule has 0 aromatic heterocycles. The van der Waals surface area contributed by atoms with E-state index in [1.807, 2.05) is 54.8 Å². The van der Waals surface area contributed by atoms with Crippen molar-refractivity contribution in [1.29, 1.82) is 0 Å². The lowest BCUT2D eigenvalue weighted by Crippen LogP contribution is -2.38. The maximum Gasteiger partial charge on any atom is 0.321 e. The van der Waals surface area contributed by atoms with Gasteiger partial charge in [0, 0.05) is 11.4 Å². The van der Waals surface area contributed by atoms with Crippen LogP contribution >= 0.6 is 11.8 Å². The summed E-state index contributed by atoms with van der Waals surface area (Å²) in [6.45, 7) is 0.481. The van der Waals surface area contributed by atoms with Crippen LogP contribution in [0.15, 0.2) is 53.4 Å². The van der Waals surface area contributed by atoms with E-state index in [-0.39, 0.29) is 0 Å². The summed E-state index contributed by atoms with van der Waals surface area (Å²) < 4.78 is 5.36. The highest BCUT2D eigenvalue weighted by Gasteiger charge is 2.17. The zero-order valence-corrected chi connectivity index (χ0v) is 14.1. The van der Waals surface area contributed by atoms with Crippen LogP contribution in [0.25, 0.3) is 0 Å². The predicted molar refractivity (Wildman–Crippen MR) is 93.2 cm³/mol. The van der Waals surface area contributed by atoms with Gasteiger partial charge in [0.15, 0.2) is 0 Å². The number of aliphatic carboxylic acids is 1. The molecule has 0 amide bonds. The highest BCUT2D eigenvalue weighted by molar-refractivity contribution is 7.98. The van der Waals surface area contributed by atoms with Crippen LogP contribution in [-0.4, -0.2) is 30.5 Å². The molecule has 0 radical (unpaired) electrons. The Morgan fingerprint density at radius 1 is 1.22 bits per heavy atom. The van der Waals surface area contributed by atoms with Crippen molar-refractivity contribution in [3.05, 3.63) is 59.7 Å². The van der Waals surface area contributed by atoms with Gasteiger partial charge in [-0.25, -0.2) is 0 Å². The molecule has 2 aromatic carbocycles. The number of carbonyl (C=O) groups is 1. The Morgan fingerprint density at radius 2 is 1.96 bits per heavy atom. The number of carboxylic acids is 1. The van der Waals surface area contributed by atoms with E-state index in [0.29, 0.717) is 13.0 Å². The number of methoxy groups -OCH3 is 1. The minimum absolute atomic E-state index is 0.455. The molecule has 2 N–H and O–H groups in total. The Hall–Kier alpha value is -1.98. The molecule has 0 spiro atoms. The van der Waals surface area contributed by atoms with E-state index in [0.717, 1.165) is 21.8 Å². The van der Waals surface area contributed by atoms with Gasteiger partial charge < -0.3 is 15.2 Å². The average Bonchev–Trinajstić information content (AvgIpc) is 2.58. The van der Waals surface area contributed by atoms with Gasteiger partial charge in [-0.1, -0.05) is 36.4 Å². The topological polar surface area (TPSA) is 58.6 Å². The maximum absolute atomic E-state index is 11.5. The fourth-order valence-corrected chi connectivity index (χ4v) is 2.88. The lowest BCUT2D eigenvalue weighted by atomic mass is 10.1. The Balaban J connectivity index is 2.03. The molecule has 5 heteroatoms. The second-order valence-electron chi connectivity index (χ2n) is 5.15. The summed E-state index contributed by atoms with van der Waals surface area (Å²) in [5.74, 6) is -0.0340. The standard InChI is InChI=1S/C18H21NO3S/c1-22-16-11-14(8-9-17(16)23-2)12-19-15(18(20)21)10-13-6-4-3-5-7-13/h3-9,11,15,19H,10,12H2,1-2H3,(H,20,21)/t15-/m1/s1. The van der Waals surface area contributed by atoms with Gasteiger partial charge in [0.1, 0.15) is 11.8 Å². The molecule has 1 atom stereocenters. The van der Waals surface area contributed by atoms with E-state index in [1.54, 1.807) is 18.9 Å². The Labute approximate surface area is 140 Å². The van der Waals surface area contributed by atoms with Gasteiger partial charge >= 0.3 is 5.97 Å². The van der Waals surface area contributed by atoms with Gasteiger partial charge in [-0.15, -0.1) is 11.8 Å². The molecule has 2 rings (SSSR count). The maximum atomic E-state index is 11.5. The molecule has 0 fully saturated rings. The van der Waals surface area contributed by atoms with Crippen LogP contribution < -0.4 is 10.1 Å². The summed E-state index contributed by atoms with van der Waals surface area (Å²) in [5, 5.41) is 12.5. The third kappa shape index (κ3) is 5.01. The smallest absolute Gasteiger partial charge is 0.321 e. The van der Waals surface area contributed by atoms with Crippen LogP contribution in [0.3, 0.4) is 0 Å². The number of carboxylic acid groups (broad SMARTS) is 1. The Bertz CT molecular complexity index is 646. The van der Waals surface area contributed by atoms with Crippen molar-refractivity contribution >= 4 is 17.7 Å². The zero-order valence-electron chi connectivity index (χ0n) is 13.3. The molecule has 122 valence electrons. The molecule has 0 aliphatic heterocycles. The van der Waals surface area contributed by atoms with E-state index in [9.17, 15) is 9.90 Å². The van der Waals surface area contributed by atoms with Crippen molar-refractivity contribution in [1.82, 2.24) is 5.32 Å². The van der Waals surface area contributed by atoms with Crippen molar-refractivity contribution in [2.45, 2.75) is 23.9 Å². The van der Waals surface area contributed by atoms with E-state index in [1.165, 1.54) is 0 Å². The third-order valence-electron chi connectivity index (χ3n) is 3.58. The van der Waals surface area contributed by atoms with Crippen molar-refractivity contribution < 1.29 is 14.6 Å². The third-order valence-corrected chi connectivity index (χ3v) is 4.36. The lowest BCUT2D eigenvalue weighted by Gasteiger charge is -2.15. The zero-order chi connectivity index (χ0) is 16.7. The molecule has 0 heterocycles. The largest absolute Gasteiger partial charge is 0.496 e. The summed E-state index contributed by atoms with van der Waals surface area (Å²) >= 11 is 1.62. The summed E-state index contributed by atoms with van der Waals surface area (Å²) in [7, 11) is 1.64. The summed E-state index contributed by atoms with van der Waals surface area (Å²) in [5.41, 5.74) is 2.00. The minimum atomic E-state index is -0.846. The van der Waals surface area contributed by atoms with Crippen LogP contribution in [0.2, 0.25) is 0 Å². The van der Waals surface area contributed by atoms with Crippen molar-refractivity contribution in [2.24, 2.45) is 0 Å². The van der Waals surface area contributed by atoms with E-state index in [2.05, 4.69) is 5.32 Å². The summed E-state index contributed by atoms with van der Waals surface area (Å²) in [4.78, 5) is 12.5. The second-order valence-corrected chi connectivity index (χ2v) is 6.00. The molecule has 2 aromatic rings. The SMILES string of the molecule is COc1cc(CN[C@H](Cc2ccccc2)C(=O)O)ccc1SC. The molecule has 0 unspecified atom stereocenters. The molecule has 23 heavy (non-hydrogen) atoms. The van der Waals surface area contributed by atoms with Crippen LogP contribution in [-0.2, 0) is 17.8 Å². The first-order chi connectivity index (χ1) is 11.1. The molecular weight excluding hydrogens is 310 g/mol. The van der Waals surface area contributed by atoms with Crippen LogP contribution in [0, 0.1) is 0 Å². The highest BCUT2D eigenvalue weighted by Crippen LogP contribution is 2.28. The molecule has 0 aliphatic rings. The van der Waals surface area contributed by atoms with Gasteiger partial charge in [0.2, 0.25) is 0 Å². The number of rotatable bonds is 8. The number of hydrogen-bond acceptors (Lipinski definition) is 4. The van der Waals surface area contributed by atoms with Gasteiger partial charge in [0.05, 0.1) is 7.11 Å². The van der Waals surface area contributed by atoms with E-state index < -0.39 is 12.0 Å². The first-order valence-corrected chi connectivity index (χ1v) is 8.57.